The van der Waals surface area contributed by atoms with E-state index in [2.05, 4.69) is 5.16 Å². The molecule has 0 bridgehead atoms. The summed E-state index contributed by atoms with van der Waals surface area (Å²) < 4.78 is 0. The van der Waals surface area contributed by atoms with Crippen molar-refractivity contribution in [3.8, 4) is 0 Å². The number of likely N-dealkylation sites (tertiary alicyclic amines) is 1. The zero-order chi connectivity index (χ0) is 14.2. The smallest absolute Gasteiger partial charge is 0.236 e. The zero-order valence-corrected chi connectivity index (χ0v) is 12.1. The summed E-state index contributed by atoms with van der Waals surface area (Å²) in [6.07, 6.45) is 8.81. The summed E-state index contributed by atoms with van der Waals surface area (Å²) in [7, 11) is 0. The van der Waals surface area contributed by atoms with Crippen LogP contribution in [-0.2, 0) is 4.79 Å². The van der Waals surface area contributed by atoms with Gasteiger partial charge in [-0.1, -0.05) is 30.8 Å². The van der Waals surface area contributed by atoms with Crippen LogP contribution in [0.5, 0.6) is 0 Å². The molecule has 0 spiro atoms. The lowest BCUT2D eigenvalue weighted by Crippen LogP contribution is -2.57. The fourth-order valence-electron chi connectivity index (χ4n) is 4.29. The first kappa shape index (κ1) is 13.7. The van der Waals surface area contributed by atoms with Crippen molar-refractivity contribution in [3.05, 3.63) is 0 Å². The van der Waals surface area contributed by atoms with Crippen molar-refractivity contribution < 1.29 is 10.0 Å². The highest BCUT2D eigenvalue weighted by atomic mass is 16.4. The van der Waals surface area contributed by atoms with E-state index in [0.717, 1.165) is 44.7 Å². The topological polar surface area (TPSA) is 78.9 Å². The van der Waals surface area contributed by atoms with Crippen LogP contribution in [0.1, 0.15) is 51.4 Å². The molecule has 112 valence electrons. The number of piperidine rings is 1. The van der Waals surface area contributed by atoms with Gasteiger partial charge in [0.2, 0.25) is 5.91 Å². The number of oxime groups is 1. The summed E-state index contributed by atoms with van der Waals surface area (Å²) in [5.41, 5.74) is 5.11. The van der Waals surface area contributed by atoms with Gasteiger partial charge in [-0.25, -0.2) is 0 Å². The summed E-state index contributed by atoms with van der Waals surface area (Å²) in [4.78, 5) is 14.8. The minimum Gasteiger partial charge on any atom is -0.409 e. The molecule has 0 radical (unpaired) electrons. The summed E-state index contributed by atoms with van der Waals surface area (Å²) in [6, 6.07) is 0. The second kappa shape index (κ2) is 5.26. The molecular formula is C15H25N3O2. The van der Waals surface area contributed by atoms with Crippen LogP contribution in [0.15, 0.2) is 5.16 Å². The molecule has 5 nitrogen and oxygen atoms in total. The number of nitrogens with two attached hydrogens (primary N) is 1. The number of nitrogens with zero attached hydrogens (tertiary/aromatic N) is 2. The average Bonchev–Trinajstić information content (AvgIpc) is 2.45. The number of amides is 1. The Morgan fingerprint density at radius 1 is 1.15 bits per heavy atom. The molecule has 2 unspecified atom stereocenters. The van der Waals surface area contributed by atoms with Crippen LogP contribution >= 0.6 is 0 Å². The normalized spacial score (nSPS) is 33.2. The molecule has 2 atom stereocenters. The van der Waals surface area contributed by atoms with Gasteiger partial charge in [0.25, 0.3) is 0 Å². The van der Waals surface area contributed by atoms with E-state index < -0.39 is 5.41 Å². The Labute approximate surface area is 120 Å². The van der Waals surface area contributed by atoms with Crippen LogP contribution in [0, 0.1) is 17.3 Å². The fourth-order valence-corrected chi connectivity index (χ4v) is 4.29. The lowest BCUT2D eigenvalue weighted by Gasteiger charge is -2.47. The van der Waals surface area contributed by atoms with Crippen molar-refractivity contribution in [3.63, 3.8) is 0 Å². The van der Waals surface area contributed by atoms with Gasteiger partial charge in [-0.05, 0) is 37.5 Å². The highest BCUT2D eigenvalue weighted by Crippen LogP contribution is 2.44. The first-order valence-corrected chi connectivity index (χ1v) is 7.95. The maximum atomic E-state index is 12.8. The molecule has 3 N–H and O–H groups in total. The molecule has 0 aromatic carbocycles. The molecule has 0 aromatic rings. The molecule has 1 aliphatic heterocycles. The van der Waals surface area contributed by atoms with E-state index in [-0.39, 0.29) is 11.7 Å². The Kier molecular flexibility index (Phi) is 3.61. The van der Waals surface area contributed by atoms with Gasteiger partial charge in [-0.15, -0.1) is 0 Å². The average molecular weight is 279 g/mol. The standard InChI is InChI=1S/C15H25N3O2/c16-13(17-20)15(7-3-8-15)14(19)18-9-6-11-4-1-2-5-12(11)10-18/h11-12,20H,1-10H2,(H2,16,17). The van der Waals surface area contributed by atoms with Crippen LogP contribution in [0.2, 0.25) is 0 Å². The minimum atomic E-state index is -0.698. The largest absolute Gasteiger partial charge is 0.409 e. The van der Waals surface area contributed by atoms with E-state index in [1.54, 1.807) is 0 Å². The third-order valence-corrected chi connectivity index (χ3v) is 5.79. The van der Waals surface area contributed by atoms with Crippen LogP contribution < -0.4 is 5.73 Å². The van der Waals surface area contributed by atoms with Crippen molar-refractivity contribution in [2.24, 2.45) is 28.1 Å². The van der Waals surface area contributed by atoms with E-state index in [9.17, 15) is 4.79 Å². The first-order chi connectivity index (χ1) is 9.67. The summed E-state index contributed by atoms with van der Waals surface area (Å²) in [5, 5.41) is 12.1. The van der Waals surface area contributed by atoms with Gasteiger partial charge in [0.1, 0.15) is 5.41 Å². The van der Waals surface area contributed by atoms with E-state index in [1.807, 2.05) is 4.90 Å². The monoisotopic (exact) mass is 279 g/mol. The molecule has 2 saturated carbocycles. The van der Waals surface area contributed by atoms with E-state index >= 15 is 0 Å². The number of fused-ring (bicyclic) bond motifs is 1. The Morgan fingerprint density at radius 2 is 1.85 bits per heavy atom. The van der Waals surface area contributed by atoms with E-state index in [4.69, 9.17) is 10.9 Å². The molecule has 20 heavy (non-hydrogen) atoms. The Balaban J connectivity index is 1.71. The number of carbonyl (C=O) groups excluding carboxylic acids is 1. The van der Waals surface area contributed by atoms with Gasteiger partial charge in [0.05, 0.1) is 0 Å². The maximum Gasteiger partial charge on any atom is 0.236 e. The summed E-state index contributed by atoms with van der Waals surface area (Å²) in [6.45, 7) is 1.73. The van der Waals surface area contributed by atoms with Crippen molar-refractivity contribution in [2.45, 2.75) is 51.4 Å². The van der Waals surface area contributed by atoms with Gasteiger partial charge < -0.3 is 15.8 Å². The predicted octanol–water partition coefficient (Wildman–Crippen LogP) is 1.94. The SMILES string of the molecule is NC(=NO)C1(C(=O)N2CCC3CCCCC3C2)CCC1. The highest BCUT2D eigenvalue weighted by Gasteiger charge is 2.51. The van der Waals surface area contributed by atoms with Gasteiger partial charge in [0, 0.05) is 13.1 Å². The maximum absolute atomic E-state index is 12.8. The van der Waals surface area contributed by atoms with Crippen LogP contribution in [0.3, 0.4) is 0 Å². The minimum absolute atomic E-state index is 0.100. The third kappa shape index (κ3) is 2.07. The number of hydrogen-bond donors (Lipinski definition) is 2. The van der Waals surface area contributed by atoms with Crippen LogP contribution in [-0.4, -0.2) is 34.9 Å². The quantitative estimate of drug-likeness (QED) is 0.351. The van der Waals surface area contributed by atoms with Crippen LogP contribution in [0.25, 0.3) is 0 Å². The molecule has 1 amide bonds. The van der Waals surface area contributed by atoms with E-state index in [1.165, 1.54) is 25.7 Å². The van der Waals surface area contributed by atoms with Crippen molar-refractivity contribution in [1.29, 1.82) is 0 Å². The summed E-state index contributed by atoms with van der Waals surface area (Å²) in [5.74, 6) is 1.70. The predicted molar refractivity (Wildman–Crippen MR) is 76.3 cm³/mol. The number of amidine groups is 1. The summed E-state index contributed by atoms with van der Waals surface area (Å²) >= 11 is 0. The van der Waals surface area contributed by atoms with Crippen molar-refractivity contribution >= 4 is 11.7 Å². The molecule has 3 aliphatic rings. The second-order valence-electron chi connectivity index (χ2n) is 6.77. The molecular weight excluding hydrogens is 254 g/mol. The molecule has 3 rings (SSSR count). The van der Waals surface area contributed by atoms with Gasteiger partial charge in [-0.3, -0.25) is 4.79 Å². The van der Waals surface area contributed by atoms with Crippen LogP contribution in [0.4, 0.5) is 0 Å². The van der Waals surface area contributed by atoms with Gasteiger partial charge >= 0.3 is 0 Å². The third-order valence-electron chi connectivity index (χ3n) is 5.79. The molecule has 1 heterocycles. The molecule has 1 saturated heterocycles. The lowest BCUT2D eigenvalue weighted by molar-refractivity contribution is -0.145. The van der Waals surface area contributed by atoms with Crippen molar-refractivity contribution in [2.75, 3.05) is 13.1 Å². The first-order valence-electron chi connectivity index (χ1n) is 7.95. The number of hydrogen-bond acceptors (Lipinski definition) is 3. The van der Waals surface area contributed by atoms with Gasteiger partial charge in [-0.2, -0.15) is 0 Å². The Hall–Kier alpha value is -1.26. The molecule has 5 heteroatoms. The highest BCUT2D eigenvalue weighted by molar-refractivity contribution is 6.07. The number of rotatable bonds is 2. The van der Waals surface area contributed by atoms with Crippen molar-refractivity contribution in [1.82, 2.24) is 4.90 Å². The molecule has 0 aromatic heterocycles. The molecule has 3 fully saturated rings. The fraction of sp³-hybridized carbons (Fsp3) is 0.867. The van der Waals surface area contributed by atoms with E-state index in [0.29, 0.717) is 5.92 Å². The Morgan fingerprint density at radius 3 is 2.45 bits per heavy atom. The van der Waals surface area contributed by atoms with Gasteiger partial charge in [0.15, 0.2) is 5.84 Å². The second-order valence-corrected chi connectivity index (χ2v) is 6.77. The lowest BCUT2D eigenvalue weighted by atomic mass is 9.66. The molecule has 2 aliphatic carbocycles. The Bertz CT molecular complexity index is 417. The number of carbonyl (C=O) groups is 1. The zero-order valence-electron chi connectivity index (χ0n) is 12.1.